The van der Waals surface area contributed by atoms with Crippen molar-refractivity contribution in [2.75, 3.05) is 5.73 Å². The molecule has 1 aromatic heterocycles. The van der Waals surface area contributed by atoms with Gasteiger partial charge >= 0.3 is 0 Å². The van der Waals surface area contributed by atoms with Gasteiger partial charge in [-0.25, -0.2) is 13.2 Å². The highest BCUT2D eigenvalue weighted by Gasteiger charge is 2.32. The molecule has 0 saturated heterocycles. The van der Waals surface area contributed by atoms with Crippen molar-refractivity contribution in [2.45, 2.75) is 0 Å². The molecule has 0 spiro atoms. The van der Waals surface area contributed by atoms with Gasteiger partial charge in [0.25, 0.3) is 17.4 Å². The third-order valence-electron chi connectivity index (χ3n) is 3.17. The van der Waals surface area contributed by atoms with Gasteiger partial charge in [-0.3, -0.25) is 24.3 Å². The fourth-order valence-electron chi connectivity index (χ4n) is 2.23. The average Bonchev–Trinajstić information content (AvgIpc) is 2.70. The number of nitrogens with one attached hydrogen (secondary N) is 1. The first-order chi connectivity index (χ1) is 10.3. The van der Waals surface area contributed by atoms with Crippen LogP contribution in [-0.2, 0) is 0 Å². The van der Waals surface area contributed by atoms with E-state index in [1.54, 1.807) is 0 Å². The Morgan fingerprint density at radius 2 is 1.68 bits per heavy atom. The van der Waals surface area contributed by atoms with Crippen LogP contribution in [0, 0.1) is 17.5 Å². The second-order valence-corrected chi connectivity index (χ2v) is 4.50. The Morgan fingerprint density at radius 1 is 1.00 bits per heavy atom. The third kappa shape index (κ3) is 1.79. The number of rotatable bonds is 1. The van der Waals surface area contributed by atoms with Gasteiger partial charge in [0.1, 0.15) is 11.6 Å². The maximum Gasteiger partial charge on any atom is 0.262 e. The predicted molar refractivity (Wildman–Crippen MR) is 68.1 cm³/mol. The van der Waals surface area contributed by atoms with Gasteiger partial charge in [-0.2, -0.15) is 0 Å². The summed E-state index contributed by atoms with van der Waals surface area (Å²) in [5, 5.41) is 1.91. The molecule has 1 aliphatic rings. The Bertz CT molecular complexity index is 921. The van der Waals surface area contributed by atoms with Gasteiger partial charge in [-0.05, 0) is 0 Å². The molecule has 0 saturated carbocycles. The minimum Gasteiger partial charge on any atom is -0.384 e. The van der Waals surface area contributed by atoms with Gasteiger partial charge in [0.2, 0.25) is 0 Å². The lowest BCUT2D eigenvalue weighted by Gasteiger charge is -2.13. The number of hydrogen-bond acceptors (Lipinski definition) is 4. The number of fused-ring (bicyclic) bond motifs is 1. The summed E-state index contributed by atoms with van der Waals surface area (Å²) < 4.78 is 40.8. The fraction of sp³-hybridized carbons (Fsp3) is 0. The predicted octanol–water partition coefficient (Wildman–Crippen LogP) is 0.721. The molecule has 0 fully saturated rings. The van der Waals surface area contributed by atoms with Crippen LogP contribution in [0.2, 0.25) is 0 Å². The van der Waals surface area contributed by atoms with Crippen LogP contribution >= 0.6 is 0 Å². The van der Waals surface area contributed by atoms with Crippen LogP contribution in [0.4, 0.5) is 19.0 Å². The molecule has 2 aromatic rings. The molecule has 1 aliphatic heterocycles. The third-order valence-corrected chi connectivity index (χ3v) is 3.17. The van der Waals surface area contributed by atoms with Crippen molar-refractivity contribution in [3.05, 3.63) is 57.1 Å². The number of carbonyl (C=O) groups excluding carboxylic acids is 2. The zero-order chi connectivity index (χ0) is 16.2. The Balaban J connectivity index is 2.40. The first kappa shape index (κ1) is 13.9. The van der Waals surface area contributed by atoms with Crippen molar-refractivity contribution in [1.82, 2.24) is 9.88 Å². The first-order valence-electron chi connectivity index (χ1n) is 5.87. The molecule has 1 aromatic carbocycles. The highest BCUT2D eigenvalue weighted by atomic mass is 19.2. The number of halogens is 3. The molecular weight excluding hydrogens is 303 g/mol. The molecule has 2 heterocycles. The molecule has 0 atom stereocenters. The van der Waals surface area contributed by atoms with Crippen molar-refractivity contribution in [3.63, 3.8) is 0 Å². The smallest absolute Gasteiger partial charge is 0.262 e. The molecule has 3 N–H and O–H groups in total. The molecule has 0 aliphatic carbocycles. The van der Waals surface area contributed by atoms with Crippen LogP contribution in [0.15, 0.2) is 23.0 Å². The van der Waals surface area contributed by atoms with Crippen LogP contribution in [0.3, 0.4) is 0 Å². The van der Waals surface area contributed by atoms with Crippen molar-refractivity contribution < 1.29 is 22.8 Å². The lowest BCUT2D eigenvalue weighted by atomic mass is 10.1. The molecule has 0 radical (unpaired) electrons. The van der Waals surface area contributed by atoms with Crippen molar-refractivity contribution in [2.24, 2.45) is 0 Å². The number of nitrogen functional groups attached to an aromatic ring is 1. The van der Waals surface area contributed by atoms with E-state index >= 15 is 0 Å². The van der Waals surface area contributed by atoms with Crippen molar-refractivity contribution in [3.8, 4) is 5.69 Å². The number of benzene rings is 1. The van der Waals surface area contributed by atoms with Gasteiger partial charge in [-0.1, -0.05) is 0 Å². The highest BCUT2D eigenvalue weighted by Crippen LogP contribution is 2.25. The number of amides is 2. The standard InChI is InChI=1S/C13H6F3N3O3/c14-4-1-6(15)10(16)7(2-4)19-8(20)3-5-9(11(19)17)13(22)18-12(5)21/h1-3H,17H2,(H,18,21,22). The van der Waals surface area contributed by atoms with Crippen LogP contribution in [-0.4, -0.2) is 16.4 Å². The molecule has 22 heavy (non-hydrogen) atoms. The van der Waals surface area contributed by atoms with E-state index < -0.39 is 46.3 Å². The SMILES string of the molecule is Nc1c2c(cc(=O)n1-c1cc(F)cc(F)c1F)C(=O)NC2=O. The first-order valence-corrected chi connectivity index (χ1v) is 5.87. The summed E-state index contributed by atoms with van der Waals surface area (Å²) in [5.41, 5.74) is 3.19. The number of hydrogen-bond donors (Lipinski definition) is 2. The number of anilines is 1. The molecule has 0 unspecified atom stereocenters. The molecule has 112 valence electrons. The number of aromatic nitrogens is 1. The van der Waals surface area contributed by atoms with Crippen molar-refractivity contribution in [1.29, 1.82) is 0 Å². The van der Waals surface area contributed by atoms with E-state index in [0.717, 1.165) is 6.07 Å². The van der Waals surface area contributed by atoms with Crippen LogP contribution < -0.4 is 16.6 Å². The number of pyridine rings is 1. The molecular formula is C13H6F3N3O3. The molecule has 6 nitrogen and oxygen atoms in total. The molecule has 2 amide bonds. The topological polar surface area (TPSA) is 94.2 Å². The van der Waals surface area contributed by atoms with E-state index in [1.165, 1.54) is 0 Å². The largest absolute Gasteiger partial charge is 0.384 e. The second-order valence-electron chi connectivity index (χ2n) is 4.50. The Morgan fingerprint density at radius 3 is 2.36 bits per heavy atom. The summed E-state index contributed by atoms with van der Waals surface area (Å²) in [4.78, 5) is 35.1. The van der Waals surface area contributed by atoms with Crippen LogP contribution in [0.25, 0.3) is 5.69 Å². The average molecular weight is 309 g/mol. The number of nitrogens with two attached hydrogens (primary N) is 1. The maximum absolute atomic E-state index is 13.8. The lowest BCUT2D eigenvalue weighted by Crippen LogP contribution is -2.25. The van der Waals surface area contributed by atoms with E-state index in [2.05, 4.69) is 0 Å². The molecule has 9 heteroatoms. The summed E-state index contributed by atoms with van der Waals surface area (Å²) in [7, 11) is 0. The van der Waals surface area contributed by atoms with E-state index in [0.29, 0.717) is 16.7 Å². The second kappa shape index (κ2) is 4.45. The molecule has 3 rings (SSSR count). The van der Waals surface area contributed by atoms with Gasteiger partial charge in [0.05, 0.1) is 16.8 Å². The minimum atomic E-state index is -1.53. The summed E-state index contributed by atoms with van der Waals surface area (Å²) in [6.45, 7) is 0. The van der Waals surface area contributed by atoms with Gasteiger partial charge in [0.15, 0.2) is 11.6 Å². The van der Waals surface area contributed by atoms with Crippen LogP contribution in [0.5, 0.6) is 0 Å². The summed E-state index contributed by atoms with van der Waals surface area (Å²) in [6.07, 6.45) is 0. The molecule has 0 bridgehead atoms. The Labute approximate surface area is 120 Å². The van der Waals surface area contributed by atoms with E-state index in [4.69, 9.17) is 5.73 Å². The number of nitrogens with zero attached hydrogens (tertiary/aromatic N) is 1. The Kier molecular flexibility index (Phi) is 2.80. The maximum atomic E-state index is 13.8. The number of imide groups is 1. The number of carbonyl (C=O) groups is 2. The fourth-order valence-corrected chi connectivity index (χ4v) is 2.23. The van der Waals surface area contributed by atoms with Crippen molar-refractivity contribution >= 4 is 17.6 Å². The normalized spacial score (nSPS) is 13.2. The highest BCUT2D eigenvalue weighted by molar-refractivity contribution is 6.23. The quantitative estimate of drug-likeness (QED) is 0.599. The van der Waals surface area contributed by atoms with E-state index in [9.17, 15) is 27.6 Å². The summed E-state index contributed by atoms with van der Waals surface area (Å²) >= 11 is 0. The van der Waals surface area contributed by atoms with Gasteiger partial charge in [0, 0.05) is 18.2 Å². The van der Waals surface area contributed by atoms with E-state index in [1.807, 2.05) is 5.32 Å². The van der Waals surface area contributed by atoms with Crippen LogP contribution in [0.1, 0.15) is 20.7 Å². The van der Waals surface area contributed by atoms with E-state index in [-0.39, 0.29) is 11.1 Å². The minimum absolute atomic E-state index is 0.277. The summed E-state index contributed by atoms with van der Waals surface area (Å²) in [5.74, 6) is -6.48. The van der Waals surface area contributed by atoms with Gasteiger partial charge < -0.3 is 5.73 Å². The lowest BCUT2D eigenvalue weighted by molar-refractivity contribution is 0.0880. The monoisotopic (exact) mass is 309 g/mol. The van der Waals surface area contributed by atoms with Gasteiger partial charge in [-0.15, -0.1) is 0 Å². The Hall–Kier alpha value is -3.10. The summed E-state index contributed by atoms with van der Waals surface area (Å²) in [6, 6.07) is 1.59. The zero-order valence-electron chi connectivity index (χ0n) is 10.6. The zero-order valence-corrected chi connectivity index (χ0v) is 10.6.